The van der Waals surface area contributed by atoms with Crippen molar-refractivity contribution in [3.63, 3.8) is 0 Å². The summed E-state index contributed by atoms with van der Waals surface area (Å²) in [7, 11) is 1.51. The van der Waals surface area contributed by atoms with Crippen molar-refractivity contribution in [2.45, 2.75) is 19.4 Å². The number of hydrogen-bond acceptors (Lipinski definition) is 7. The Morgan fingerprint density at radius 2 is 1.66 bits per heavy atom. The van der Waals surface area contributed by atoms with Crippen LogP contribution in [0, 0.1) is 10.1 Å². The van der Waals surface area contributed by atoms with E-state index < -0.39 is 4.92 Å². The van der Waals surface area contributed by atoms with Crippen LogP contribution in [-0.4, -0.2) is 30.1 Å². The number of nitro groups is 1. The minimum atomic E-state index is -0.451. The summed E-state index contributed by atoms with van der Waals surface area (Å²) >= 11 is 0. The minimum absolute atomic E-state index is 0.000197. The predicted octanol–water partition coefficient (Wildman–Crippen LogP) is 4.05. The maximum absolute atomic E-state index is 12.1. The van der Waals surface area contributed by atoms with Gasteiger partial charge in [0.2, 0.25) is 11.8 Å². The normalized spacial score (nSPS) is 10.5. The molecule has 0 aliphatic carbocycles. The molecule has 0 fully saturated rings. The lowest BCUT2D eigenvalue weighted by Crippen LogP contribution is -2.20. The maximum Gasteiger partial charge on any atom is 0.269 e. The van der Waals surface area contributed by atoms with Gasteiger partial charge >= 0.3 is 0 Å². The van der Waals surface area contributed by atoms with Gasteiger partial charge in [-0.25, -0.2) is 5.43 Å². The van der Waals surface area contributed by atoms with Crippen LogP contribution in [0.3, 0.4) is 0 Å². The van der Waals surface area contributed by atoms with Gasteiger partial charge in [0.1, 0.15) is 18.1 Å². The first-order valence-electron chi connectivity index (χ1n) is 10.7. The van der Waals surface area contributed by atoms with Gasteiger partial charge in [0.25, 0.3) is 5.69 Å². The molecule has 10 heteroatoms. The van der Waals surface area contributed by atoms with Gasteiger partial charge in [-0.05, 0) is 59.7 Å². The Labute approximate surface area is 201 Å². The van der Waals surface area contributed by atoms with Gasteiger partial charge in [0, 0.05) is 25.0 Å². The first kappa shape index (κ1) is 24.9. The average Bonchev–Trinajstić information content (AvgIpc) is 2.87. The van der Waals surface area contributed by atoms with Gasteiger partial charge < -0.3 is 14.8 Å². The molecule has 0 aliphatic heterocycles. The van der Waals surface area contributed by atoms with Gasteiger partial charge in [-0.15, -0.1) is 0 Å². The third-order valence-electron chi connectivity index (χ3n) is 4.80. The number of nitrogens with zero attached hydrogens (tertiary/aromatic N) is 2. The first-order valence-corrected chi connectivity index (χ1v) is 10.7. The summed E-state index contributed by atoms with van der Waals surface area (Å²) < 4.78 is 10.8. The molecule has 2 amide bonds. The van der Waals surface area contributed by atoms with Gasteiger partial charge in [0.15, 0.2) is 0 Å². The highest BCUT2D eigenvalue weighted by molar-refractivity contribution is 5.94. The smallest absolute Gasteiger partial charge is 0.269 e. The summed E-state index contributed by atoms with van der Waals surface area (Å²) in [5.41, 5.74) is 4.51. The largest absolute Gasteiger partial charge is 0.495 e. The van der Waals surface area contributed by atoms with E-state index in [0.29, 0.717) is 17.2 Å². The van der Waals surface area contributed by atoms with E-state index in [0.717, 1.165) is 11.1 Å². The van der Waals surface area contributed by atoms with E-state index in [2.05, 4.69) is 15.8 Å². The minimum Gasteiger partial charge on any atom is -0.495 e. The van der Waals surface area contributed by atoms with Crippen molar-refractivity contribution < 1.29 is 24.0 Å². The van der Waals surface area contributed by atoms with E-state index in [9.17, 15) is 19.7 Å². The molecule has 180 valence electrons. The number of methoxy groups -OCH3 is 1. The number of anilines is 1. The van der Waals surface area contributed by atoms with E-state index in [4.69, 9.17) is 9.47 Å². The molecule has 3 rings (SSSR count). The third kappa shape index (κ3) is 7.97. The molecular formula is C25H24N4O6. The first-order chi connectivity index (χ1) is 16.9. The van der Waals surface area contributed by atoms with E-state index in [1.807, 2.05) is 0 Å². The Morgan fingerprint density at radius 1 is 0.971 bits per heavy atom. The van der Waals surface area contributed by atoms with Crippen LogP contribution in [0.1, 0.15) is 24.0 Å². The monoisotopic (exact) mass is 476 g/mol. The fourth-order valence-corrected chi connectivity index (χ4v) is 2.95. The number of carbonyl (C=O) groups is 2. The molecule has 0 unspecified atom stereocenters. The van der Waals surface area contributed by atoms with Gasteiger partial charge in [-0.3, -0.25) is 19.7 Å². The molecule has 10 nitrogen and oxygen atoms in total. The number of nitro benzene ring substituents is 1. The van der Waals surface area contributed by atoms with E-state index >= 15 is 0 Å². The molecule has 35 heavy (non-hydrogen) atoms. The van der Waals surface area contributed by atoms with Crippen molar-refractivity contribution in [1.82, 2.24) is 5.43 Å². The Bertz CT molecular complexity index is 1190. The molecule has 0 saturated carbocycles. The van der Waals surface area contributed by atoms with Crippen molar-refractivity contribution in [3.8, 4) is 11.5 Å². The molecule has 0 aliphatic rings. The molecule has 0 radical (unpaired) electrons. The number of nitrogens with one attached hydrogen (secondary N) is 2. The molecule has 0 spiro atoms. The molecule has 0 heterocycles. The lowest BCUT2D eigenvalue weighted by Gasteiger charge is -2.09. The highest BCUT2D eigenvalue weighted by Crippen LogP contribution is 2.23. The summed E-state index contributed by atoms with van der Waals surface area (Å²) in [6.45, 7) is 0.270. The van der Waals surface area contributed by atoms with Crippen LogP contribution >= 0.6 is 0 Å². The number of carbonyl (C=O) groups excluding carboxylic acids is 2. The number of para-hydroxylation sites is 2. The molecule has 3 aromatic carbocycles. The fraction of sp³-hybridized carbons (Fsp3) is 0.160. The zero-order valence-corrected chi connectivity index (χ0v) is 19.0. The van der Waals surface area contributed by atoms with E-state index in [1.165, 1.54) is 25.5 Å². The molecule has 0 bridgehead atoms. The average molecular weight is 476 g/mol. The third-order valence-corrected chi connectivity index (χ3v) is 4.80. The Hall–Kier alpha value is -4.73. The zero-order valence-electron chi connectivity index (χ0n) is 19.0. The number of non-ortho nitro benzene ring substituents is 1. The number of amides is 2. The Balaban J connectivity index is 1.39. The number of rotatable bonds is 11. The molecular weight excluding hydrogens is 452 g/mol. The number of ether oxygens (including phenoxy) is 2. The van der Waals surface area contributed by atoms with Crippen molar-refractivity contribution in [1.29, 1.82) is 0 Å². The summed E-state index contributed by atoms with van der Waals surface area (Å²) in [6.07, 6.45) is 1.46. The second-order valence-corrected chi connectivity index (χ2v) is 7.32. The van der Waals surface area contributed by atoms with Crippen LogP contribution in [0.4, 0.5) is 11.4 Å². The number of hydrogen-bond donors (Lipinski definition) is 2. The van der Waals surface area contributed by atoms with Gasteiger partial charge in [-0.2, -0.15) is 5.10 Å². The lowest BCUT2D eigenvalue weighted by atomic mass is 10.2. The molecule has 0 aromatic heterocycles. The van der Waals surface area contributed by atoms with E-state index in [1.54, 1.807) is 60.7 Å². The quantitative estimate of drug-likeness (QED) is 0.244. The summed E-state index contributed by atoms with van der Waals surface area (Å²) in [6, 6.07) is 20.2. The Morgan fingerprint density at radius 3 is 2.34 bits per heavy atom. The topological polar surface area (TPSA) is 132 Å². The predicted molar refractivity (Wildman–Crippen MR) is 130 cm³/mol. The molecule has 3 aromatic rings. The zero-order chi connectivity index (χ0) is 25.0. The number of hydrazone groups is 1. The standard InChI is InChI=1S/C25H24N4O6/c1-34-23-5-3-2-4-22(23)27-24(30)14-15-25(31)28-26-16-18-8-12-21(13-9-18)35-17-19-6-10-20(11-7-19)29(32)33/h2-13,16H,14-15,17H2,1H3,(H,27,30)(H,28,31). The highest BCUT2D eigenvalue weighted by Gasteiger charge is 2.09. The van der Waals surface area contributed by atoms with Gasteiger partial charge in [0.05, 0.1) is 23.9 Å². The van der Waals surface area contributed by atoms with Crippen LogP contribution in [-0.2, 0) is 16.2 Å². The van der Waals surface area contributed by atoms with Gasteiger partial charge in [-0.1, -0.05) is 12.1 Å². The van der Waals surface area contributed by atoms with Crippen LogP contribution in [0.2, 0.25) is 0 Å². The molecule has 0 saturated heterocycles. The summed E-state index contributed by atoms with van der Waals surface area (Å²) in [5.74, 6) is 0.459. The highest BCUT2D eigenvalue weighted by atomic mass is 16.6. The van der Waals surface area contributed by atoms with Crippen LogP contribution in [0.15, 0.2) is 77.9 Å². The fourth-order valence-electron chi connectivity index (χ4n) is 2.95. The van der Waals surface area contributed by atoms with Crippen molar-refractivity contribution in [2.24, 2.45) is 5.10 Å². The second kappa shape index (κ2) is 12.5. The Kier molecular flexibility index (Phi) is 8.89. The number of benzene rings is 3. The SMILES string of the molecule is COc1ccccc1NC(=O)CCC(=O)NN=Cc1ccc(OCc2ccc([N+](=O)[O-])cc2)cc1. The second-order valence-electron chi connectivity index (χ2n) is 7.32. The maximum atomic E-state index is 12.1. The molecule has 0 atom stereocenters. The van der Waals surface area contributed by atoms with Crippen molar-refractivity contribution >= 4 is 29.4 Å². The van der Waals surface area contributed by atoms with E-state index in [-0.39, 0.29) is 37.0 Å². The summed E-state index contributed by atoms with van der Waals surface area (Å²) in [4.78, 5) is 34.3. The van der Waals surface area contributed by atoms with Crippen LogP contribution < -0.4 is 20.2 Å². The van der Waals surface area contributed by atoms with Crippen LogP contribution in [0.25, 0.3) is 0 Å². The van der Waals surface area contributed by atoms with Crippen molar-refractivity contribution in [2.75, 3.05) is 12.4 Å². The lowest BCUT2D eigenvalue weighted by molar-refractivity contribution is -0.384. The van der Waals surface area contributed by atoms with Crippen LogP contribution in [0.5, 0.6) is 11.5 Å². The summed E-state index contributed by atoms with van der Waals surface area (Å²) in [5, 5.41) is 17.3. The van der Waals surface area contributed by atoms with Crippen molar-refractivity contribution in [3.05, 3.63) is 94.0 Å². The molecule has 2 N–H and O–H groups in total.